The highest BCUT2D eigenvalue weighted by molar-refractivity contribution is 6.10. The van der Waals surface area contributed by atoms with Gasteiger partial charge in [-0.1, -0.05) is 195 Å². The van der Waals surface area contributed by atoms with E-state index in [1.165, 1.54) is 11.1 Å². The molecule has 0 unspecified atom stereocenters. The van der Waals surface area contributed by atoms with Crippen LogP contribution in [0, 0.1) is 6.33 Å². The highest BCUT2D eigenvalue weighted by Crippen LogP contribution is 2.41. The molecule has 0 saturated heterocycles. The topological polar surface area (TPSA) is 35.9 Å². The van der Waals surface area contributed by atoms with Gasteiger partial charge in [-0.15, -0.1) is 0 Å². The normalized spacial score (nSPS) is 14.4. The van der Waals surface area contributed by atoms with Gasteiger partial charge in [0.15, 0.2) is 0 Å². The third-order valence-corrected chi connectivity index (χ3v) is 13.7. The van der Waals surface area contributed by atoms with Crippen molar-refractivity contribution in [3.63, 3.8) is 0 Å². The number of rotatable bonds is 11. The van der Waals surface area contributed by atoms with E-state index in [1.54, 1.807) is 27.3 Å². The maximum Gasteiger partial charge on any atom is 0.269 e. The first-order valence-electron chi connectivity index (χ1n) is 30.1. The summed E-state index contributed by atoms with van der Waals surface area (Å²) in [6.07, 6.45) is 6.60. The fourth-order valence-electron chi connectivity index (χ4n) is 9.84. The minimum Gasteiger partial charge on any atom is -0.458 e. The standard InChI is InChI=1S/C67H62N4O/c1-9-45(10-2)57-42-64(68-43-59(57)48-31-33-49(34-32-48)66(3,4)5)71-60-38-35-50(67(6,7)8)39-58(60)56-37-36-53(41-63(56)71)72-52-26-19-25-51(40-52)69-44-70(62-30-18-17-29-61(62)69)65-54(46-21-13-11-14-22-46)27-20-28-55(65)47-23-15-12-16-24-47/h11-43,45H,9-10H2,1-8H3/i11D,12D,13D,14D,15D,16D,21D,22D,23D,24D,45D. The highest BCUT2D eigenvalue weighted by Gasteiger charge is 2.24. The molecule has 0 radical (unpaired) electrons. The molecular weight excluding hydrogens is 877 g/mol. The van der Waals surface area contributed by atoms with Gasteiger partial charge in [0.05, 0.1) is 47.1 Å². The van der Waals surface area contributed by atoms with Gasteiger partial charge in [0, 0.05) is 30.0 Å². The Bertz CT molecular complexity index is 4290. The van der Waals surface area contributed by atoms with Crippen LogP contribution in [0.1, 0.15) is 106 Å². The molecule has 11 rings (SSSR count). The molecule has 8 aromatic carbocycles. The molecule has 0 amide bonds. The van der Waals surface area contributed by atoms with Crippen molar-refractivity contribution in [2.24, 2.45) is 0 Å². The second kappa shape index (κ2) is 18.6. The summed E-state index contributed by atoms with van der Waals surface area (Å²) >= 11 is 0. The largest absolute Gasteiger partial charge is 0.458 e. The Hall–Kier alpha value is -8.02. The zero-order valence-corrected chi connectivity index (χ0v) is 41.9. The van der Waals surface area contributed by atoms with Crippen molar-refractivity contribution in [2.45, 2.75) is 85.0 Å². The van der Waals surface area contributed by atoms with Crippen molar-refractivity contribution >= 4 is 32.8 Å². The average Bonchev–Trinajstić information content (AvgIpc) is 2.08. The Morgan fingerprint density at radius 2 is 1.22 bits per heavy atom. The number of benzene rings is 8. The van der Waals surface area contributed by atoms with Gasteiger partial charge in [0.25, 0.3) is 6.33 Å². The van der Waals surface area contributed by atoms with Crippen LogP contribution >= 0.6 is 0 Å². The van der Waals surface area contributed by atoms with Crippen molar-refractivity contribution in [1.29, 1.82) is 0 Å². The van der Waals surface area contributed by atoms with Gasteiger partial charge in [-0.2, -0.15) is 0 Å². The lowest BCUT2D eigenvalue weighted by atomic mass is 9.84. The molecule has 0 atom stereocenters. The highest BCUT2D eigenvalue weighted by atomic mass is 16.5. The van der Waals surface area contributed by atoms with Crippen LogP contribution in [0.4, 0.5) is 0 Å². The summed E-state index contributed by atoms with van der Waals surface area (Å²) in [6, 6.07) is 37.7. The number of ether oxygens (including phenoxy) is 1. The molecule has 0 N–H and O–H groups in total. The molecular formula is C67H62N4O. The molecule has 0 fully saturated rings. The van der Waals surface area contributed by atoms with E-state index in [-0.39, 0.29) is 38.8 Å². The second-order valence-electron chi connectivity index (χ2n) is 20.3. The number of nitrogens with zero attached hydrogens (tertiary/aromatic N) is 4. The van der Waals surface area contributed by atoms with E-state index in [1.807, 2.05) is 66.9 Å². The maximum absolute atomic E-state index is 9.90. The Labute approximate surface area is 440 Å². The van der Waals surface area contributed by atoms with Gasteiger partial charge in [0.1, 0.15) is 17.3 Å². The lowest BCUT2D eigenvalue weighted by molar-refractivity contribution is -0.571. The first-order chi connectivity index (χ1) is 39.4. The summed E-state index contributed by atoms with van der Waals surface area (Å²) in [5, 5.41) is 2.06. The van der Waals surface area contributed by atoms with Gasteiger partial charge in [-0.05, 0) is 123 Å². The Balaban J connectivity index is 1.07. The predicted molar refractivity (Wildman–Crippen MR) is 299 cm³/mol. The summed E-state index contributed by atoms with van der Waals surface area (Å²) in [5.74, 6) is 0.829. The number of aromatic nitrogens is 4. The van der Waals surface area contributed by atoms with Crippen molar-refractivity contribution in [2.75, 3.05) is 0 Å². The minimum atomic E-state index is -0.894. The third kappa shape index (κ3) is 8.57. The fourth-order valence-corrected chi connectivity index (χ4v) is 9.84. The van der Waals surface area contributed by atoms with Gasteiger partial charge in [-0.3, -0.25) is 13.7 Å². The van der Waals surface area contributed by atoms with E-state index < -0.39 is 66.3 Å². The molecule has 0 bridgehead atoms. The average molecular weight is 950 g/mol. The first-order valence-corrected chi connectivity index (χ1v) is 24.6. The van der Waals surface area contributed by atoms with Gasteiger partial charge in [-0.25, -0.2) is 4.98 Å². The lowest BCUT2D eigenvalue weighted by Crippen LogP contribution is -2.31. The molecule has 3 heterocycles. The van der Waals surface area contributed by atoms with Crippen LogP contribution in [0.15, 0.2) is 200 Å². The molecule has 0 saturated carbocycles. The van der Waals surface area contributed by atoms with Crippen LogP contribution in [0.2, 0.25) is 0 Å². The van der Waals surface area contributed by atoms with E-state index in [2.05, 4.69) is 121 Å². The maximum atomic E-state index is 9.90. The number of hydrogen-bond acceptors (Lipinski definition) is 2. The van der Waals surface area contributed by atoms with E-state index in [9.17, 15) is 1.37 Å². The van der Waals surface area contributed by atoms with Crippen LogP contribution in [0.25, 0.3) is 83.4 Å². The van der Waals surface area contributed by atoms with Crippen molar-refractivity contribution < 1.29 is 24.4 Å². The number of fused-ring (bicyclic) bond motifs is 4. The number of pyridine rings is 1. The van der Waals surface area contributed by atoms with Crippen molar-refractivity contribution in [3.8, 4) is 62.1 Å². The van der Waals surface area contributed by atoms with Gasteiger partial charge < -0.3 is 4.74 Å². The summed E-state index contributed by atoms with van der Waals surface area (Å²) in [5.41, 5.74) is 8.93. The monoisotopic (exact) mass is 950 g/mol. The second-order valence-corrected chi connectivity index (χ2v) is 20.3. The first kappa shape index (κ1) is 35.1. The number of imidazole rings is 1. The van der Waals surface area contributed by atoms with E-state index >= 15 is 0 Å². The van der Waals surface area contributed by atoms with E-state index in [0.29, 0.717) is 46.9 Å². The Morgan fingerprint density at radius 1 is 0.583 bits per heavy atom. The quantitative estimate of drug-likeness (QED) is 0.0957. The van der Waals surface area contributed by atoms with Crippen LogP contribution in [0.3, 0.4) is 0 Å². The Kier molecular flexibility index (Phi) is 9.09. The molecule has 5 nitrogen and oxygen atoms in total. The van der Waals surface area contributed by atoms with Gasteiger partial charge in [0.2, 0.25) is 0 Å². The summed E-state index contributed by atoms with van der Waals surface area (Å²) in [6.45, 7) is 17.4. The van der Waals surface area contributed by atoms with Crippen molar-refractivity contribution in [1.82, 2.24) is 14.1 Å². The molecule has 72 heavy (non-hydrogen) atoms. The molecule has 11 aromatic rings. The van der Waals surface area contributed by atoms with Crippen molar-refractivity contribution in [3.05, 3.63) is 223 Å². The molecule has 0 spiro atoms. The lowest BCUT2D eigenvalue weighted by Gasteiger charge is -2.22. The number of hydrogen-bond donors (Lipinski definition) is 0. The Morgan fingerprint density at radius 3 is 1.89 bits per heavy atom. The van der Waals surface area contributed by atoms with Crippen LogP contribution < -0.4 is 9.30 Å². The van der Waals surface area contributed by atoms with Crippen LogP contribution in [0.5, 0.6) is 11.5 Å². The smallest absolute Gasteiger partial charge is 0.269 e. The molecule has 0 aliphatic rings. The fraction of sp³-hybridized carbons (Fsp3) is 0.194. The zero-order valence-electron chi connectivity index (χ0n) is 52.9. The zero-order chi connectivity index (χ0) is 59.4. The molecule has 0 aliphatic carbocycles. The van der Waals surface area contributed by atoms with Gasteiger partial charge >= 0.3 is 0 Å². The summed E-state index contributed by atoms with van der Waals surface area (Å²) in [4.78, 5) is 5.22. The molecule has 3 aromatic heterocycles. The van der Waals surface area contributed by atoms with E-state index in [4.69, 9.17) is 23.4 Å². The summed E-state index contributed by atoms with van der Waals surface area (Å²) in [7, 11) is 0. The molecule has 0 aliphatic heterocycles. The van der Waals surface area contributed by atoms with Crippen LogP contribution in [-0.2, 0) is 10.8 Å². The molecule has 5 heteroatoms. The van der Waals surface area contributed by atoms with Crippen LogP contribution in [-0.4, -0.2) is 14.1 Å². The SMILES string of the molecule is [2H]c1c([2H])c([2H])c(-c2cccc(-c3c([2H])c([2H])c([2H])c([2H])c3[2H])c2-[n+]2[c-]n(-c3cccc(Oc4ccc5c6cc(C(C)(C)C)ccc6n(-c6cc(C([2H])(CC)CC)c(-c7ccc(C(C)(C)C)cc7)cn6)c5c4)c3)c3ccccc32)c([2H])c1[2H]. The minimum absolute atomic E-state index is 0.0158. The molecule has 356 valence electrons. The number of para-hydroxylation sites is 3. The predicted octanol–water partition coefficient (Wildman–Crippen LogP) is 17.5. The van der Waals surface area contributed by atoms with E-state index in [0.717, 1.165) is 38.5 Å². The summed E-state index contributed by atoms with van der Waals surface area (Å²) < 4.78 is 110. The third-order valence-electron chi connectivity index (χ3n) is 13.7.